The summed E-state index contributed by atoms with van der Waals surface area (Å²) in [5.74, 6) is 0.963. The lowest BCUT2D eigenvalue weighted by Gasteiger charge is -2.23. The number of rotatable bonds is 5. The molecule has 0 aromatic carbocycles. The molecular formula is C10H15Br2N3. The first-order chi connectivity index (χ1) is 7.19. The number of nitrogens with two attached hydrogens (primary N) is 1. The Morgan fingerprint density at radius 2 is 2.13 bits per heavy atom. The van der Waals surface area contributed by atoms with E-state index in [1.165, 1.54) is 0 Å². The van der Waals surface area contributed by atoms with Crippen molar-refractivity contribution in [2.75, 3.05) is 24.5 Å². The molecule has 84 valence electrons. The number of anilines is 1. The SMILES string of the molecule is CCCN(CCN)c1ncc(Br)cc1Br. The standard InChI is InChI=1S/C10H15Br2N3/c1-2-4-15(5-3-13)10-9(12)6-8(11)7-14-10/h6-7H,2-5,13H2,1H3. The number of pyridine rings is 1. The van der Waals surface area contributed by atoms with Crippen LogP contribution < -0.4 is 10.6 Å². The molecule has 5 heteroatoms. The van der Waals surface area contributed by atoms with Crippen LogP contribution in [-0.4, -0.2) is 24.6 Å². The van der Waals surface area contributed by atoms with E-state index in [0.29, 0.717) is 6.54 Å². The Labute approximate surface area is 107 Å². The second-order valence-electron chi connectivity index (χ2n) is 3.23. The molecule has 0 radical (unpaired) electrons. The molecule has 1 aromatic rings. The van der Waals surface area contributed by atoms with Crippen molar-refractivity contribution in [1.82, 2.24) is 4.98 Å². The quantitative estimate of drug-likeness (QED) is 0.899. The van der Waals surface area contributed by atoms with Crippen LogP contribution in [0.4, 0.5) is 5.82 Å². The maximum absolute atomic E-state index is 5.58. The van der Waals surface area contributed by atoms with E-state index < -0.39 is 0 Å². The molecular weight excluding hydrogens is 322 g/mol. The van der Waals surface area contributed by atoms with Gasteiger partial charge >= 0.3 is 0 Å². The van der Waals surface area contributed by atoms with Gasteiger partial charge in [0.05, 0.1) is 4.47 Å². The molecule has 0 aliphatic carbocycles. The lowest BCUT2D eigenvalue weighted by atomic mass is 10.3. The Hall–Kier alpha value is -0.130. The van der Waals surface area contributed by atoms with Gasteiger partial charge in [-0.1, -0.05) is 6.92 Å². The third kappa shape index (κ3) is 3.74. The maximum atomic E-state index is 5.58. The normalized spacial score (nSPS) is 10.4. The summed E-state index contributed by atoms with van der Waals surface area (Å²) < 4.78 is 1.97. The predicted octanol–water partition coefficient (Wildman–Crippen LogP) is 2.78. The summed E-state index contributed by atoms with van der Waals surface area (Å²) in [7, 11) is 0. The molecule has 0 spiro atoms. The second kappa shape index (κ2) is 6.45. The van der Waals surface area contributed by atoms with E-state index in [-0.39, 0.29) is 0 Å². The molecule has 3 nitrogen and oxygen atoms in total. The van der Waals surface area contributed by atoms with Gasteiger partial charge in [-0.05, 0) is 44.3 Å². The van der Waals surface area contributed by atoms with E-state index in [9.17, 15) is 0 Å². The van der Waals surface area contributed by atoms with Crippen molar-refractivity contribution in [3.63, 3.8) is 0 Å². The highest BCUT2D eigenvalue weighted by Crippen LogP contribution is 2.26. The highest BCUT2D eigenvalue weighted by molar-refractivity contribution is 9.11. The van der Waals surface area contributed by atoms with Crippen molar-refractivity contribution >= 4 is 37.7 Å². The van der Waals surface area contributed by atoms with Crippen molar-refractivity contribution in [2.45, 2.75) is 13.3 Å². The van der Waals surface area contributed by atoms with Crippen LogP contribution in [0, 0.1) is 0 Å². The molecule has 0 aliphatic heterocycles. The number of aromatic nitrogens is 1. The van der Waals surface area contributed by atoms with Gasteiger partial charge in [0.25, 0.3) is 0 Å². The van der Waals surface area contributed by atoms with Crippen molar-refractivity contribution < 1.29 is 0 Å². The van der Waals surface area contributed by atoms with Crippen molar-refractivity contribution in [2.24, 2.45) is 5.73 Å². The molecule has 1 aromatic heterocycles. The maximum Gasteiger partial charge on any atom is 0.142 e. The van der Waals surface area contributed by atoms with Crippen LogP contribution in [0.15, 0.2) is 21.2 Å². The lowest BCUT2D eigenvalue weighted by Crippen LogP contribution is -2.31. The van der Waals surface area contributed by atoms with Gasteiger partial charge in [-0.15, -0.1) is 0 Å². The Balaban J connectivity index is 2.89. The van der Waals surface area contributed by atoms with Crippen molar-refractivity contribution in [1.29, 1.82) is 0 Å². The van der Waals surface area contributed by atoms with E-state index in [2.05, 4.69) is 48.7 Å². The second-order valence-corrected chi connectivity index (χ2v) is 5.00. The summed E-state index contributed by atoms with van der Waals surface area (Å²) >= 11 is 6.90. The largest absolute Gasteiger partial charge is 0.354 e. The fourth-order valence-corrected chi connectivity index (χ4v) is 2.63. The monoisotopic (exact) mass is 335 g/mol. The highest BCUT2D eigenvalue weighted by atomic mass is 79.9. The molecule has 0 saturated carbocycles. The Kier molecular flexibility index (Phi) is 5.56. The smallest absolute Gasteiger partial charge is 0.142 e. The topological polar surface area (TPSA) is 42.1 Å². The number of nitrogens with zero attached hydrogens (tertiary/aromatic N) is 2. The average Bonchev–Trinajstić information content (AvgIpc) is 2.17. The van der Waals surface area contributed by atoms with Crippen LogP contribution >= 0.6 is 31.9 Å². The third-order valence-corrected chi connectivity index (χ3v) is 3.00. The summed E-state index contributed by atoms with van der Waals surface area (Å²) in [6.07, 6.45) is 2.89. The first kappa shape index (κ1) is 12.9. The zero-order chi connectivity index (χ0) is 11.3. The van der Waals surface area contributed by atoms with Gasteiger partial charge in [0.2, 0.25) is 0 Å². The summed E-state index contributed by atoms with van der Waals surface area (Å²) in [5, 5.41) is 0. The fourth-order valence-electron chi connectivity index (χ4n) is 1.39. The molecule has 0 aliphatic rings. The Bertz CT molecular complexity index is 312. The first-order valence-corrected chi connectivity index (χ1v) is 6.53. The average molecular weight is 337 g/mol. The minimum Gasteiger partial charge on any atom is -0.354 e. The first-order valence-electron chi connectivity index (χ1n) is 4.95. The highest BCUT2D eigenvalue weighted by Gasteiger charge is 2.10. The molecule has 15 heavy (non-hydrogen) atoms. The molecule has 0 unspecified atom stereocenters. The molecule has 0 saturated heterocycles. The number of halogens is 2. The molecule has 0 amide bonds. The molecule has 1 rings (SSSR count). The van der Waals surface area contributed by atoms with Gasteiger partial charge in [0, 0.05) is 30.3 Å². The van der Waals surface area contributed by atoms with Crippen molar-refractivity contribution in [3.05, 3.63) is 21.2 Å². The van der Waals surface area contributed by atoms with Crippen LogP contribution in [-0.2, 0) is 0 Å². The summed E-state index contributed by atoms with van der Waals surface area (Å²) in [4.78, 5) is 6.58. The van der Waals surface area contributed by atoms with Crippen molar-refractivity contribution in [3.8, 4) is 0 Å². The third-order valence-electron chi connectivity index (χ3n) is 1.98. The minimum absolute atomic E-state index is 0.643. The van der Waals surface area contributed by atoms with E-state index >= 15 is 0 Å². The lowest BCUT2D eigenvalue weighted by molar-refractivity contribution is 0.749. The van der Waals surface area contributed by atoms with E-state index in [1.54, 1.807) is 6.20 Å². The molecule has 0 bridgehead atoms. The number of hydrogen-bond acceptors (Lipinski definition) is 3. The molecule has 2 N–H and O–H groups in total. The predicted molar refractivity (Wildman–Crippen MR) is 71.2 cm³/mol. The van der Waals surface area contributed by atoms with Gasteiger partial charge in [-0.2, -0.15) is 0 Å². The summed E-state index contributed by atoms with van der Waals surface area (Å²) in [6, 6.07) is 2.00. The molecule has 0 atom stereocenters. The Morgan fingerprint density at radius 3 is 2.67 bits per heavy atom. The van der Waals surface area contributed by atoms with Gasteiger partial charge in [-0.25, -0.2) is 4.98 Å². The number of hydrogen-bond donors (Lipinski definition) is 1. The van der Waals surface area contributed by atoms with Gasteiger partial charge in [-0.3, -0.25) is 0 Å². The van der Waals surface area contributed by atoms with Crippen LogP contribution in [0.25, 0.3) is 0 Å². The fraction of sp³-hybridized carbons (Fsp3) is 0.500. The summed E-state index contributed by atoms with van der Waals surface area (Å²) in [5.41, 5.74) is 5.58. The zero-order valence-electron chi connectivity index (χ0n) is 8.71. The summed E-state index contributed by atoms with van der Waals surface area (Å²) in [6.45, 7) is 4.60. The van der Waals surface area contributed by atoms with E-state index in [0.717, 1.165) is 34.3 Å². The van der Waals surface area contributed by atoms with Gasteiger partial charge in [0.15, 0.2) is 0 Å². The van der Waals surface area contributed by atoms with E-state index in [4.69, 9.17) is 5.73 Å². The Morgan fingerprint density at radius 1 is 1.40 bits per heavy atom. The van der Waals surface area contributed by atoms with Crippen LogP contribution in [0.3, 0.4) is 0 Å². The van der Waals surface area contributed by atoms with E-state index in [1.807, 2.05) is 6.07 Å². The van der Waals surface area contributed by atoms with Gasteiger partial charge < -0.3 is 10.6 Å². The molecule has 1 heterocycles. The van der Waals surface area contributed by atoms with Crippen LogP contribution in [0.1, 0.15) is 13.3 Å². The van der Waals surface area contributed by atoms with Gasteiger partial charge in [0.1, 0.15) is 5.82 Å². The molecule has 0 fully saturated rings. The zero-order valence-corrected chi connectivity index (χ0v) is 11.9. The minimum atomic E-state index is 0.643. The van der Waals surface area contributed by atoms with Crippen LogP contribution in [0.2, 0.25) is 0 Å². The van der Waals surface area contributed by atoms with Crippen LogP contribution in [0.5, 0.6) is 0 Å².